The number of aryl methyl sites for hydroxylation is 1. The van der Waals surface area contributed by atoms with Gasteiger partial charge < -0.3 is 17.5 Å². The zero-order chi connectivity index (χ0) is 15.8. The summed E-state index contributed by atoms with van der Waals surface area (Å²) < 4.78 is 3.22. The van der Waals surface area contributed by atoms with E-state index in [0.717, 1.165) is 28.7 Å². The molecular weight excluding hydrogens is 378 g/mol. The molecule has 0 saturated carbocycles. The van der Waals surface area contributed by atoms with Crippen LogP contribution in [0.4, 0.5) is 0 Å². The van der Waals surface area contributed by atoms with E-state index >= 15 is 0 Å². The Morgan fingerprint density at radius 1 is 1.09 bits per heavy atom. The number of aromatic nitrogens is 1. The molecule has 3 nitrogen and oxygen atoms in total. The van der Waals surface area contributed by atoms with E-state index in [1.54, 1.807) is 0 Å². The Morgan fingerprint density at radius 3 is 2.52 bits per heavy atom. The summed E-state index contributed by atoms with van der Waals surface area (Å²) in [6.45, 7) is 0.828. The molecule has 23 heavy (non-hydrogen) atoms. The Kier molecular flexibility index (Phi) is 8.59. The van der Waals surface area contributed by atoms with Crippen LogP contribution < -0.4 is 17.0 Å². The molecule has 0 radical (unpaired) electrons. The molecule has 1 N–H and O–H groups in total. The first-order valence-electron chi connectivity index (χ1n) is 7.29. The van der Waals surface area contributed by atoms with Crippen molar-refractivity contribution in [1.82, 2.24) is 0 Å². The Bertz CT molecular complexity index is 656. The fourth-order valence-electron chi connectivity index (χ4n) is 2.16. The van der Waals surface area contributed by atoms with Crippen molar-refractivity contribution < 1.29 is 26.9 Å². The maximum Gasteiger partial charge on any atom is 0.303 e. The van der Waals surface area contributed by atoms with Gasteiger partial charge in [0.15, 0.2) is 6.20 Å². The Balaban J connectivity index is 0.00000264. The molecule has 0 spiro atoms. The molecule has 0 aliphatic heterocycles. The van der Waals surface area contributed by atoms with Gasteiger partial charge in [-0.25, -0.2) is 0 Å². The third kappa shape index (κ3) is 6.97. The average Bonchev–Trinajstić information content (AvgIpc) is 2.52. The van der Waals surface area contributed by atoms with Crippen LogP contribution in [0.3, 0.4) is 0 Å². The summed E-state index contributed by atoms with van der Waals surface area (Å²) in [6.07, 6.45) is 7.99. The van der Waals surface area contributed by atoms with Crippen LogP contribution in [0, 0.1) is 0 Å². The second-order valence-electron chi connectivity index (χ2n) is 5.05. The molecule has 1 aromatic heterocycles. The predicted molar refractivity (Wildman–Crippen MR) is 91.2 cm³/mol. The lowest BCUT2D eigenvalue weighted by Gasteiger charge is -2.00. The molecule has 0 saturated heterocycles. The minimum atomic E-state index is -0.728. The SMILES string of the molecule is O=C(O)CCCC[n+]1ccccc1/C=C/c1ccc(Br)cc1.[Cl-]. The number of aliphatic carboxylic acids is 1. The lowest BCUT2D eigenvalue weighted by atomic mass is 10.2. The van der Waals surface area contributed by atoms with Crippen LogP contribution in [-0.2, 0) is 11.3 Å². The van der Waals surface area contributed by atoms with Gasteiger partial charge in [-0.05, 0) is 36.3 Å². The number of nitrogens with zero attached hydrogens (tertiary/aromatic N) is 1. The van der Waals surface area contributed by atoms with Crippen molar-refractivity contribution >= 4 is 34.1 Å². The molecule has 2 aromatic rings. The van der Waals surface area contributed by atoms with Gasteiger partial charge in [0.05, 0.1) is 0 Å². The Labute approximate surface area is 151 Å². The van der Waals surface area contributed by atoms with Crippen LogP contribution in [-0.4, -0.2) is 11.1 Å². The lowest BCUT2D eigenvalue weighted by Crippen LogP contribution is -3.00. The largest absolute Gasteiger partial charge is 1.00 e. The van der Waals surface area contributed by atoms with E-state index in [1.165, 1.54) is 0 Å². The lowest BCUT2D eigenvalue weighted by molar-refractivity contribution is -0.699. The smallest absolute Gasteiger partial charge is 0.303 e. The zero-order valence-corrected chi connectivity index (χ0v) is 15.0. The van der Waals surface area contributed by atoms with Crippen LogP contribution in [0.25, 0.3) is 12.2 Å². The van der Waals surface area contributed by atoms with Gasteiger partial charge in [-0.2, -0.15) is 4.57 Å². The molecule has 0 unspecified atom stereocenters. The topological polar surface area (TPSA) is 41.2 Å². The molecule has 0 bridgehead atoms. The highest BCUT2D eigenvalue weighted by atomic mass is 79.9. The summed E-state index contributed by atoms with van der Waals surface area (Å²) in [5.74, 6) is -0.728. The van der Waals surface area contributed by atoms with E-state index in [-0.39, 0.29) is 18.8 Å². The molecule has 0 amide bonds. The summed E-state index contributed by atoms with van der Waals surface area (Å²) in [5.41, 5.74) is 2.25. The van der Waals surface area contributed by atoms with Crippen LogP contribution in [0.15, 0.2) is 53.1 Å². The minimum absolute atomic E-state index is 0. The number of benzene rings is 1. The third-order valence-electron chi connectivity index (χ3n) is 3.33. The first-order chi connectivity index (χ1) is 10.6. The molecule has 0 fully saturated rings. The van der Waals surface area contributed by atoms with Crippen molar-refractivity contribution in [2.24, 2.45) is 0 Å². The summed E-state index contributed by atoms with van der Waals surface area (Å²) in [6, 6.07) is 14.2. The summed E-state index contributed by atoms with van der Waals surface area (Å²) >= 11 is 3.43. The van der Waals surface area contributed by atoms with Crippen molar-refractivity contribution in [3.8, 4) is 0 Å². The van der Waals surface area contributed by atoms with Crippen molar-refractivity contribution in [2.75, 3.05) is 0 Å². The summed E-state index contributed by atoms with van der Waals surface area (Å²) in [5, 5.41) is 8.67. The van der Waals surface area contributed by atoms with E-state index in [9.17, 15) is 4.79 Å². The monoisotopic (exact) mass is 395 g/mol. The predicted octanol–water partition coefficient (Wildman–Crippen LogP) is 1.17. The van der Waals surface area contributed by atoms with E-state index in [1.807, 2.05) is 30.5 Å². The van der Waals surface area contributed by atoms with Crippen LogP contribution in [0.1, 0.15) is 30.5 Å². The van der Waals surface area contributed by atoms with E-state index in [0.29, 0.717) is 6.42 Å². The van der Waals surface area contributed by atoms with Crippen molar-refractivity contribution in [3.63, 3.8) is 0 Å². The fraction of sp³-hybridized carbons (Fsp3) is 0.222. The van der Waals surface area contributed by atoms with Crippen molar-refractivity contribution in [3.05, 3.63) is 64.4 Å². The van der Waals surface area contributed by atoms with Crippen LogP contribution in [0.2, 0.25) is 0 Å². The van der Waals surface area contributed by atoms with Gasteiger partial charge in [-0.1, -0.05) is 28.1 Å². The number of halogens is 2. The van der Waals surface area contributed by atoms with Crippen LogP contribution in [0.5, 0.6) is 0 Å². The maximum absolute atomic E-state index is 10.5. The van der Waals surface area contributed by atoms with Gasteiger partial charge >= 0.3 is 5.97 Å². The first-order valence-corrected chi connectivity index (χ1v) is 8.08. The Morgan fingerprint density at radius 2 is 1.83 bits per heavy atom. The second-order valence-corrected chi connectivity index (χ2v) is 5.97. The number of carboxylic acid groups (broad SMARTS) is 1. The summed E-state index contributed by atoms with van der Waals surface area (Å²) in [7, 11) is 0. The molecule has 122 valence electrons. The molecule has 1 aromatic carbocycles. The van der Waals surface area contributed by atoms with Gasteiger partial charge in [0.1, 0.15) is 6.54 Å². The molecule has 2 rings (SSSR count). The number of rotatable bonds is 7. The second kappa shape index (κ2) is 10.2. The number of hydrogen-bond acceptors (Lipinski definition) is 1. The minimum Gasteiger partial charge on any atom is -1.00 e. The van der Waals surface area contributed by atoms with Gasteiger partial charge in [0, 0.05) is 35.5 Å². The number of hydrogen-bond donors (Lipinski definition) is 1. The fourth-order valence-corrected chi connectivity index (χ4v) is 2.42. The maximum atomic E-state index is 10.5. The normalized spacial score (nSPS) is 10.5. The standard InChI is InChI=1S/C18H18BrNO2.ClH/c19-16-10-7-15(8-11-16)9-12-17-5-1-3-13-20(17)14-4-2-6-18(21)22;/h1,3,5,7-13H,2,4,6,14H2;1H/b12-9+;. The van der Waals surface area contributed by atoms with Crippen molar-refractivity contribution in [1.29, 1.82) is 0 Å². The number of carbonyl (C=O) groups is 1. The van der Waals surface area contributed by atoms with Crippen LogP contribution >= 0.6 is 15.9 Å². The highest BCUT2D eigenvalue weighted by molar-refractivity contribution is 9.10. The van der Waals surface area contributed by atoms with Gasteiger partial charge in [0.25, 0.3) is 0 Å². The van der Waals surface area contributed by atoms with Crippen molar-refractivity contribution in [2.45, 2.75) is 25.8 Å². The molecule has 1 heterocycles. The number of carboxylic acids is 1. The van der Waals surface area contributed by atoms with E-state index < -0.39 is 5.97 Å². The number of unbranched alkanes of at least 4 members (excludes halogenated alkanes) is 1. The first kappa shape index (κ1) is 19.4. The Hall–Kier alpha value is -1.65. The zero-order valence-electron chi connectivity index (χ0n) is 12.7. The van der Waals surface area contributed by atoms with Gasteiger partial charge in [0.2, 0.25) is 5.69 Å². The average molecular weight is 397 g/mol. The molecule has 5 heteroatoms. The molecule has 0 aliphatic carbocycles. The molecular formula is C18H19BrClNO2. The summed E-state index contributed by atoms with van der Waals surface area (Å²) in [4.78, 5) is 10.5. The third-order valence-corrected chi connectivity index (χ3v) is 3.86. The van der Waals surface area contributed by atoms with E-state index in [4.69, 9.17) is 5.11 Å². The molecule has 0 atom stereocenters. The van der Waals surface area contributed by atoms with Gasteiger partial charge in [-0.3, -0.25) is 4.79 Å². The van der Waals surface area contributed by atoms with Gasteiger partial charge in [-0.15, -0.1) is 0 Å². The van der Waals surface area contributed by atoms with E-state index in [2.05, 4.69) is 50.8 Å². The highest BCUT2D eigenvalue weighted by Crippen LogP contribution is 2.12. The quantitative estimate of drug-likeness (QED) is 0.564. The number of pyridine rings is 1. The highest BCUT2D eigenvalue weighted by Gasteiger charge is 2.06. The molecule has 0 aliphatic rings.